The monoisotopic (exact) mass is 252 g/mol. The molecule has 0 radical (unpaired) electrons. The number of piperidine rings is 1. The van der Waals surface area contributed by atoms with Crippen LogP contribution in [0.1, 0.15) is 52.4 Å². The third-order valence-electron chi connectivity index (χ3n) is 4.73. The largest absolute Gasteiger partial charge is 0.342 e. The van der Waals surface area contributed by atoms with Gasteiger partial charge in [0.2, 0.25) is 5.91 Å². The van der Waals surface area contributed by atoms with Gasteiger partial charge in [-0.05, 0) is 37.5 Å². The third-order valence-corrected chi connectivity index (χ3v) is 4.73. The Balaban J connectivity index is 1.67. The molecule has 104 valence electrons. The summed E-state index contributed by atoms with van der Waals surface area (Å²) in [5, 5.41) is 3.42. The van der Waals surface area contributed by atoms with Crippen LogP contribution >= 0.6 is 0 Å². The van der Waals surface area contributed by atoms with Crippen LogP contribution in [0.3, 0.4) is 0 Å². The molecule has 0 bridgehead atoms. The van der Waals surface area contributed by atoms with Crippen molar-refractivity contribution >= 4 is 5.91 Å². The molecule has 0 aromatic heterocycles. The first-order valence-electron chi connectivity index (χ1n) is 7.68. The molecule has 3 nitrogen and oxygen atoms in total. The highest BCUT2D eigenvalue weighted by atomic mass is 16.2. The van der Waals surface area contributed by atoms with Gasteiger partial charge in [-0.2, -0.15) is 0 Å². The molecular formula is C15H28N2O. The van der Waals surface area contributed by atoms with Crippen LogP contribution in [0.5, 0.6) is 0 Å². The number of rotatable bonds is 4. The molecule has 1 aliphatic heterocycles. The maximum absolute atomic E-state index is 12.1. The number of nitrogens with zero attached hydrogens (tertiary/aromatic N) is 1. The van der Waals surface area contributed by atoms with E-state index in [2.05, 4.69) is 24.1 Å². The lowest BCUT2D eigenvalue weighted by molar-refractivity contribution is -0.131. The SMILES string of the molecule is CC(C)C1CCN(C(=O)CNC2CCCC2)CC1. The Hall–Kier alpha value is -0.570. The molecule has 0 aromatic carbocycles. The predicted octanol–water partition coefficient (Wildman–Crippen LogP) is 2.41. The molecule has 2 rings (SSSR count). The summed E-state index contributed by atoms with van der Waals surface area (Å²) in [6.07, 6.45) is 7.53. The fourth-order valence-corrected chi connectivity index (χ4v) is 3.29. The smallest absolute Gasteiger partial charge is 0.236 e. The first kappa shape index (κ1) is 13.9. The quantitative estimate of drug-likeness (QED) is 0.833. The summed E-state index contributed by atoms with van der Waals surface area (Å²) >= 11 is 0. The molecule has 1 N–H and O–H groups in total. The van der Waals surface area contributed by atoms with Crippen molar-refractivity contribution < 1.29 is 4.79 Å². The van der Waals surface area contributed by atoms with Crippen LogP contribution in [-0.2, 0) is 4.79 Å². The van der Waals surface area contributed by atoms with E-state index < -0.39 is 0 Å². The zero-order chi connectivity index (χ0) is 13.0. The Morgan fingerprint density at radius 3 is 2.33 bits per heavy atom. The van der Waals surface area contributed by atoms with Gasteiger partial charge in [-0.3, -0.25) is 4.79 Å². The van der Waals surface area contributed by atoms with Gasteiger partial charge >= 0.3 is 0 Å². The summed E-state index contributed by atoms with van der Waals surface area (Å²) in [5.74, 6) is 1.89. The Morgan fingerprint density at radius 1 is 1.17 bits per heavy atom. The fourth-order valence-electron chi connectivity index (χ4n) is 3.29. The van der Waals surface area contributed by atoms with Gasteiger partial charge in [-0.15, -0.1) is 0 Å². The zero-order valence-corrected chi connectivity index (χ0v) is 12.0. The molecule has 0 unspecified atom stereocenters. The standard InChI is InChI=1S/C15H28N2O/c1-12(2)13-7-9-17(10-8-13)15(18)11-16-14-5-3-4-6-14/h12-14,16H,3-11H2,1-2H3. The molecule has 1 heterocycles. The van der Waals surface area contributed by atoms with Crippen LogP contribution in [0.4, 0.5) is 0 Å². The molecule has 0 aromatic rings. The van der Waals surface area contributed by atoms with Crippen molar-refractivity contribution in [1.82, 2.24) is 10.2 Å². The van der Waals surface area contributed by atoms with Crippen LogP contribution in [0.2, 0.25) is 0 Å². The average Bonchev–Trinajstić information content (AvgIpc) is 2.89. The van der Waals surface area contributed by atoms with Crippen LogP contribution in [0.25, 0.3) is 0 Å². The van der Waals surface area contributed by atoms with Crippen molar-refractivity contribution in [3.05, 3.63) is 0 Å². The van der Waals surface area contributed by atoms with Gasteiger partial charge in [0.25, 0.3) is 0 Å². The molecule has 1 amide bonds. The molecule has 1 saturated heterocycles. The van der Waals surface area contributed by atoms with Crippen molar-refractivity contribution in [1.29, 1.82) is 0 Å². The van der Waals surface area contributed by atoms with E-state index in [-0.39, 0.29) is 0 Å². The summed E-state index contributed by atoms with van der Waals surface area (Å²) in [4.78, 5) is 14.2. The predicted molar refractivity (Wildman–Crippen MR) is 74.4 cm³/mol. The molecule has 0 atom stereocenters. The van der Waals surface area contributed by atoms with Gasteiger partial charge in [0.15, 0.2) is 0 Å². The number of amides is 1. The second-order valence-corrected chi connectivity index (χ2v) is 6.32. The van der Waals surface area contributed by atoms with E-state index in [1.54, 1.807) is 0 Å². The van der Waals surface area contributed by atoms with Gasteiger partial charge in [0.05, 0.1) is 6.54 Å². The highest BCUT2D eigenvalue weighted by Crippen LogP contribution is 2.24. The maximum atomic E-state index is 12.1. The normalized spacial score (nSPS) is 22.9. The molecule has 0 spiro atoms. The lowest BCUT2D eigenvalue weighted by Crippen LogP contribution is -2.45. The molecule has 3 heteroatoms. The number of carbonyl (C=O) groups excluding carboxylic acids is 1. The van der Waals surface area contributed by atoms with Crippen molar-refractivity contribution in [3.63, 3.8) is 0 Å². The molecule has 2 aliphatic rings. The van der Waals surface area contributed by atoms with E-state index in [1.807, 2.05) is 0 Å². The van der Waals surface area contributed by atoms with Crippen LogP contribution in [0, 0.1) is 11.8 Å². The molecule has 1 saturated carbocycles. The highest BCUT2D eigenvalue weighted by Gasteiger charge is 2.25. The summed E-state index contributed by atoms with van der Waals surface area (Å²) in [5.41, 5.74) is 0. The van der Waals surface area contributed by atoms with Crippen LogP contribution in [-0.4, -0.2) is 36.5 Å². The fraction of sp³-hybridized carbons (Fsp3) is 0.933. The molecular weight excluding hydrogens is 224 g/mol. The van der Waals surface area contributed by atoms with Gasteiger partial charge in [0, 0.05) is 19.1 Å². The summed E-state index contributed by atoms with van der Waals surface area (Å²) in [6, 6.07) is 0.599. The summed E-state index contributed by atoms with van der Waals surface area (Å²) in [6.45, 7) is 7.08. The van der Waals surface area contributed by atoms with Gasteiger partial charge in [-0.25, -0.2) is 0 Å². The average molecular weight is 252 g/mol. The van der Waals surface area contributed by atoms with Crippen molar-refractivity contribution in [2.75, 3.05) is 19.6 Å². The third kappa shape index (κ3) is 3.71. The summed E-state index contributed by atoms with van der Waals surface area (Å²) in [7, 11) is 0. The Kier molecular flexibility index (Phi) is 5.04. The van der Waals surface area contributed by atoms with Crippen molar-refractivity contribution in [2.24, 2.45) is 11.8 Å². The van der Waals surface area contributed by atoms with Crippen LogP contribution in [0.15, 0.2) is 0 Å². The lowest BCUT2D eigenvalue weighted by Gasteiger charge is -2.34. The topological polar surface area (TPSA) is 32.3 Å². The molecule has 1 aliphatic carbocycles. The second-order valence-electron chi connectivity index (χ2n) is 6.32. The molecule has 2 fully saturated rings. The number of hydrogen-bond donors (Lipinski definition) is 1. The lowest BCUT2D eigenvalue weighted by atomic mass is 9.87. The van der Waals surface area contributed by atoms with Gasteiger partial charge in [0.1, 0.15) is 0 Å². The van der Waals surface area contributed by atoms with E-state index in [1.165, 1.54) is 38.5 Å². The molecule has 18 heavy (non-hydrogen) atoms. The Morgan fingerprint density at radius 2 is 1.78 bits per heavy atom. The van der Waals surface area contributed by atoms with E-state index in [0.29, 0.717) is 18.5 Å². The van der Waals surface area contributed by atoms with Gasteiger partial charge < -0.3 is 10.2 Å². The maximum Gasteiger partial charge on any atom is 0.236 e. The number of carbonyl (C=O) groups is 1. The minimum absolute atomic E-state index is 0.309. The Labute approximate surface area is 111 Å². The minimum Gasteiger partial charge on any atom is -0.342 e. The Bertz CT molecular complexity index is 264. The number of hydrogen-bond acceptors (Lipinski definition) is 2. The second kappa shape index (κ2) is 6.55. The minimum atomic E-state index is 0.309. The van der Waals surface area contributed by atoms with E-state index in [9.17, 15) is 4.79 Å². The van der Waals surface area contributed by atoms with Crippen molar-refractivity contribution in [3.8, 4) is 0 Å². The highest BCUT2D eigenvalue weighted by molar-refractivity contribution is 5.78. The number of nitrogens with one attached hydrogen (secondary N) is 1. The van der Waals surface area contributed by atoms with E-state index in [4.69, 9.17) is 0 Å². The van der Waals surface area contributed by atoms with Gasteiger partial charge in [-0.1, -0.05) is 26.7 Å². The van der Waals surface area contributed by atoms with E-state index >= 15 is 0 Å². The van der Waals surface area contributed by atoms with E-state index in [0.717, 1.165) is 24.9 Å². The first-order valence-corrected chi connectivity index (χ1v) is 7.68. The zero-order valence-electron chi connectivity index (χ0n) is 12.0. The first-order chi connectivity index (χ1) is 8.66. The van der Waals surface area contributed by atoms with Crippen molar-refractivity contribution in [2.45, 2.75) is 58.4 Å². The van der Waals surface area contributed by atoms with Crippen LogP contribution < -0.4 is 5.32 Å². The summed E-state index contributed by atoms with van der Waals surface area (Å²) < 4.78 is 0. The number of likely N-dealkylation sites (tertiary alicyclic amines) is 1.